The normalized spacial score (nSPS) is 11.7. The van der Waals surface area contributed by atoms with Crippen LogP contribution in [0.1, 0.15) is 11.4 Å². The van der Waals surface area contributed by atoms with Crippen LogP contribution in [0.3, 0.4) is 0 Å². The summed E-state index contributed by atoms with van der Waals surface area (Å²) in [6, 6.07) is 7.43. The van der Waals surface area contributed by atoms with Gasteiger partial charge in [0.2, 0.25) is 0 Å². The van der Waals surface area contributed by atoms with Crippen molar-refractivity contribution in [1.29, 1.82) is 0 Å². The molecule has 0 atom stereocenters. The number of hydrogen-bond donors (Lipinski definition) is 2. The predicted molar refractivity (Wildman–Crippen MR) is 71.5 cm³/mol. The Hall–Kier alpha value is -1.18. The maximum atomic E-state index is 11.9. The average Bonchev–Trinajstić information content (AvgIpc) is 2.76. The first-order valence-electron chi connectivity index (χ1n) is 5.23. The first-order valence-corrected chi connectivity index (χ1v) is 7.51. The minimum absolute atomic E-state index is 0.0807. The number of benzene rings is 1. The minimum Gasteiger partial charge on any atom is -0.332 e. The minimum atomic E-state index is -3.53. The quantitative estimate of drug-likeness (QED) is 0.900. The third kappa shape index (κ3) is 3.18. The van der Waals surface area contributed by atoms with E-state index in [0.717, 1.165) is 10.0 Å². The average molecular weight is 330 g/mol. The molecule has 0 aliphatic rings. The Balaban J connectivity index is 2.08. The van der Waals surface area contributed by atoms with E-state index in [1.807, 2.05) is 24.3 Å². The highest BCUT2D eigenvalue weighted by Crippen LogP contribution is 2.11. The van der Waals surface area contributed by atoms with Gasteiger partial charge in [0.1, 0.15) is 5.82 Å². The van der Waals surface area contributed by atoms with Crippen molar-refractivity contribution in [3.05, 3.63) is 46.3 Å². The molecule has 2 N–H and O–H groups in total. The predicted octanol–water partition coefficient (Wildman–Crippen LogP) is 1.96. The number of aromatic amines is 1. The number of rotatable bonds is 4. The van der Waals surface area contributed by atoms with Crippen molar-refractivity contribution in [2.24, 2.45) is 0 Å². The van der Waals surface area contributed by atoms with Gasteiger partial charge in [0, 0.05) is 11.0 Å². The zero-order valence-corrected chi connectivity index (χ0v) is 12.0. The number of nitrogens with one attached hydrogen (secondary N) is 2. The fraction of sp³-hybridized carbons (Fsp3) is 0.182. The molecule has 5 nitrogen and oxygen atoms in total. The van der Waals surface area contributed by atoms with Gasteiger partial charge in [0.25, 0.3) is 10.0 Å². The second-order valence-corrected chi connectivity index (χ2v) is 6.43. The smallest absolute Gasteiger partial charge is 0.257 e. The molecule has 7 heteroatoms. The second kappa shape index (κ2) is 5.21. The Morgan fingerprint density at radius 3 is 2.56 bits per heavy atom. The third-order valence-corrected chi connectivity index (χ3v) is 4.19. The number of sulfonamides is 1. The van der Waals surface area contributed by atoms with E-state index in [2.05, 4.69) is 30.6 Å². The van der Waals surface area contributed by atoms with Gasteiger partial charge >= 0.3 is 0 Å². The number of nitrogens with zero attached hydrogens (tertiary/aromatic N) is 1. The van der Waals surface area contributed by atoms with Crippen molar-refractivity contribution in [1.82, 2.24) is 14.7 Å². The summed E-state index contributed by atoms with van der Waals surface area (Å²) < 4.78 is 27.3. The van der Waals surface area contributed by atoms with Gasteiger partial charge in [0.05, 0.1) is 6.20 Å². The summed E-state index contributed by atoms with van der Waals surface area (Å²) in [4.78, 5) is 6.56. The van der Waals surface area contributed by atoms with Crippen LogP contribution >= 0.6 is 15.9 Å². The van der Waals surface area contributed by atoms with E-state index >= 15 is 0 Å². The summed E-state index contributed by atoms with van der Waals surface area (Å²) >= 11 is 3.32. The van der Waals surface area contributed by atoms with E-state index in [0.29, 0.717) is 5.82 Å². The molecular formula is C11H12BrN3O2S. The summed E-state index contributed by atoms with van der Waals surface area (Å²) in [5.74, 6) is 0.569. The number of aromatic nitrogens is 2. The monoisotopic (exact) mass is 329 g/mol. The van der Waals surface area contributed by atoms with Crippen LogP contribution in [0.5, 0.6) is 0 Å². The zero-order valence-electron chi connectivity index (χ0n) is 9.64. The third-order valence-electron chi connectivity index (χ3n) is 2.35. The van der Waals surface area contributed by atoms with Crippen molar-refractivity contribution in [2.45, 2.75) is 18.5 Å². The molecule has 0 amide bonds. The summed E-state index contributed by atoms with van der Waals surface area (Å²) in [5.41, 5.74) is 0.887. The number of H-pyrrole nitrogens is 1. The van der Waals surface area contributed by atoms with Crippen molar-refractivity contribution in [2.75, 3.05) is 0 Å². The molecule has 0 fully saturated rings. The van der Waals surface area contributed by atoms with Crippen molar-refractivity contribution in [3.8, 4) is 0 Å². The Labute approximate surface area is 114 Å². The van der Waals surface area contributed by atoms with Crippen LogP contribution in [-0.4, -0.2) is 18.4 Å². The Morgan fingerprint density at radius 1 is 1.33 bits per heavy atom. The summed E-state index contributed by atoms with van der Waals surface area (Å²) in [6.07, 6.45) is 1.30. The molecule has 0 aliphatic carbocycles. The van der Waals surface area contributed by atoms with E-state index in [1.54, 1.807) is 6.92 Å². The molecule has 0 spiro atoms. The Kier molecular flexibility index (Phi) is 3.84. The van der Waals surface area contributed by atoms with Crippen LogP contribution in [0.15, 0.2) is 40.0 Å². The summed E-state index contributed by atoms with van der Waals surface area (Å²) in [6.45, 7) is 1.95. The molecule has 0 saturated heterocycles. The molecule has 0 unspecified atom stereocenters. The maximum absolute atomic E-state index is 11.9. The van der Waals surface area contributed by atoms with E-state index in [1.165, 1.54) is 6.20 Å². The Morgan fingerprint density at radius 2 is 2.00 bits per heavy atom. The van der Waals surface area contributed by atoms with Crippen molar-refractivity contribution < 1.29 is 8.42 Å². The van der Waals surface area contributed by atoms with Crippen LogP contribution in [0.25, 0.3) is 0 Å². The lowest BCUT2D eigenvalue weighted by Gasteiger charge is -2.04. The first kappa shape index (κ1) is 13.3. The molecular weight excluding hydrogens is 318 g/mol. The van der Waals surface area contributed by atoms with Gasteiger partial charge in [-0.2, -0.15) is 0 Å². The van der Waals surface area contributed by atoms with E-state index in [4.69, 9.17) is 0 Å². The zero-order chi connectivity index (χ0) is 13.2. The topological polar surface area (TPSA) is 74.8 Å². The van der Waals surface area contributed by atoms with E-state index in [9.17, 15) is 8.42 Å². The molecule has 2 aromatic rings. The largest absolute Gasteiger partial charge is 0.332 e. The highest BCUT2D eigenvalue weighted by Gasteiger charge is 2.15. The van der Waals surface area contributed by atoms with Crippen LogP contribution in [0.2, 0.25) is 0 Å². The van der Waals surface area contributed by atoms with Crippen LogP contribution < -0.4 is 4.72 Å². The maximum Gasteiger partial charge on any atom is 0.257 e. The summed E-state index contributed by atoms with van der Waals surface area (Å²) in [7, 11) is -3.53. The number of halogens is 1. The fourth-order valence-electron chi connectivity index (χ4n) is 1.39. The van der Waals surface area contributed by atoms with E-state index < -0.39 is 10.0 Å². The summed E-state index contributed by atoms with van der Waals surface area (Å²) in [5, 5.41) is 0.0807. The number of hydrogen-bond acceptors (Lipinski definition) is 3. The van der Waals surface area contributed by atoms with Gasteiger partial charge in [-0.25, -0.2) is 18.1 Å². The molecule has 1 aromatic heterocycles. The lowest BCUT2D eigenvalue weighted by atomic mass is 10.2. The van der Waals surface area contributed by atoms with Crippen molar-refractivity contribution in [3.63, 3.8) is 0 Å². The highest BCUT2D eigenvalue weighted by atomic mass is 79.9. The molecule has 2 rings (SSSR count). The molecule has 18 heavy (non-hydrogen) atoms. The highest BCUT2D eigenvalue weighted by molar-refractivity contribution is 9.10. The van der Waals surface area contributed by atoms with Gasteiger partial charge in [-0.3, -0.25) is 0 Å². The Bertz CT molecular complexity index is 635. The SMILES string of the molecule is Cc1ncc(S(=O)(=O)NCc2ccc(Br)cc2)[nH]1. The van der Waals surface area contributed by atoms with Gasteiger partial charge in [-0.15, -0.1) is 0 Å². The fourth-order valence-corrected chi connectivity index (χ4v) is 2.64. The number of aryl methyl sites for hydroxylation is 1. The molecule has 1 heterocycles. The second-order valence-electron chi connectivity index (χ2n) is 3.78. The lowest BCUT2D eigenvalue weighted by molar-refractivity contribution is 0.578. The molecule has 0 bridgehead atoms. The van der Waals surface area contributed by atoms with Gasteiger partial charge in [-0.1, -0.05) is 28.1 Å². The first-order chi connectivity index (χ1) is 8.47. The van der Waals surface area contributed by atoms with Crippen molar-refractivity contribution >= 4 is 26.0 Å². The van der Waals surface area contributed by atoms with Gasteiger partial charge in [-0.05, 0) is 24.6 Å². The molecule has 96 valence electrons. The number of imidazole rings is 1. The van der Waals surface area contributed by atoms with E-state index in [-0.39, 0.29) is 11.6 Å². The molecule has 0 aliphatic heterocycles. The molecule has 1 aromatic carbocycles. The standard InChI is InChI=1S/C11H12BrN3O2S/c1-8-13-7-11(15-8)18(16,17)14-6-9-2-4-10(12)5-3-9/h2-5,7,14H,6H2,1H3,(H,13,15). The lowest BCUT2D eigenvalue weighted by Crippen LogP contribution is -2.23. The van der Waals surface area contributed by atoms with Crippen LogP contribution in [0, 0.1) is 6.92 Å². The molecule has 0 saturated carbocycles. The molecule has 0 radical (unpaired) electrons. The van der Waals surface area contributed by atoms with Gasteiger partial charge in [0.15, 0.2) is 5.03 Å². The van der Waals surface area contributed by atoms with Crippen LogP contribution in [-0.2, 0) is 16.6 Å². The van der Waals surface area contributed by atoms with Crippen LogP contribution in [0.4, 0.5) is 0 Å². The van der Waals surface area contributed by atoms with Gasteiger partial charge < -0.3 is 4.98 Å².